The molecule has 0 aromatic heterocycles. The van der Waals surface area contributed by atoms with Gasteiger partial charge in [0, 0.05) is 11.8 Å². The Balaban J connectivity index is 2.24. The van der Waals surface area contributed by atoms with E-state index in [0.29, 0.717) is 0 Å². The normalized spacial score (nSPS) is 29.6. The van der Waals surface area contributed by atoms with Crippen molar-refractivity contribution in [3.05, 3.63) is 0 Å². The zero-order valence-corrected chi connectivity index (χ0v) is 6.29. The van der Waals surface area contributed by atoms with Crippen molar-refractivity contribution in [1.82, 2.24) is 4.72 Å². The first-order valence-electron chi connectivity index (χ1n) is 3.18. The van der Waals surface area contributed by atoms with Gasteiger partial charge in [-0.15, -0.1) is 0 Å². The molecule has 0 aromatic rings. The molecule has 1 aliphatic heterocycles. The smallest absolute Gasteiger partial charge is 0.0203 e. The summed E-state index contributed by atoms with van der Waals surface area (Å²) in [6.45, 7) is 4.53. The number of rotatable bonds is 1. The molecule has 1 N–H and O–H groups in total. The van der Waals surface area contributed by atoms with Gasteiger partial charge in [0.05, 0.1) is 0 Å². The van der Waals surface area contributed by atoms with Crippen LogP contribution in [0.5, 0.6) is 0 Å². The van der Waals surface area contributed by atoms with Crippen LogP contribution in [0.2, 0.25) is 0 Å². The Labute approximate surface area is 55.4 Å². The molecule has 1 nitrogen and oxygen atoms in total. The second kappa shape index (κ2) is 2.74. The van der Waals surface area contributed by atoms with Crippen molar-refractivity contribution in [2.24, 2.45) is 5.92 Å². The van der Waals surface area contributed by atoms with Crippen LogP contribution in [0.3, 0.4) is 0 Å². The molecular formula is C6H13NS. The zero-order valence-electron chi connectivity index (χ0n) is 5.48. The van der Waals surface area contributed by atoms with E-state index in [1.807, 2.05) is 11.9 Å². The maximum absolute atomic E-state index is 3.37. The van der Waals surface area contributed by atoms with Crippen LogP contribution < -0.4 is 4.72 Å². The average molecular weight is 131 g/mol. The van der Waals surface area contributed by atoms with Crippen molar-refractivity contribution in [2.75, 3.05) is 5.75 Å². The topological polar surface area (TPSA) is 12.0 Å². The van der Waals surface area contributed by atoms with Crippen LogP contribution in [0.1, 0.15) is 20.3 Å². The van der Waals surface area contributed by atoms with Crippen molar-refractivity contribution >= 4 is 11.9 Å². The van der Waals surface area contributed by atoms with Crippen molar-refractivity contribution in [3.63, 3.8) is 0 Å². The van der Waals surface area contributed by atoms with E-state index >= 15 is 0 Å². The summed E-state index contributed by atoms with van der Waals surface area (Å²) in [7, 11) is 0. The molecule has 8 heavy (non-hydrogen) atoms. The Morgan fingerprint density at radius 2 is 2.38 bits per heavy atom. The quantitative estimate of drug-likeness (QED) is 0.543. The summed E-state index contributed by atoms with van der Waals surface area (Å²) in [5.41, 5.74) is 0. The Bertz CT molecular complexity index is 66.9. The van der Waals surface area contributed by atoms with Gasteiger partial charge in [-0.1, -0.05) is 25.8 Å². The van der Waals surface area contributed by atoms with Gasteiger partial charge in [0.2, 0.25) is 0 Å². The molecule has 2 heteroatoms. The van der Waals surface area contributed by atoms with E-state index in [-0.39, 0.29) is 0 Å². The van der Waals surface area contributed by atoms with Crippen LogP contribution >= 0.6 is 11.9 Å². The third-order valence-electron chi connectivity index (χ3n) is 1.57. The molecule has 1 rings (SSSR count). The van der Waals surface area contributed by atoms with E-state index in [1.165, 1.54) is 12.2 Å². The lowest BCUT2D eigenvalue weighted by Crippen LogP contribution is -2.22. The van der Waals surface area contributed by atoms with E-state index in [2.05, 4.69) is 18.6 Å². The van der Waals surface area contributed by atoms with Crippen molar-refractivity contribution < 1.29 is 0 Å². The van der Waals surface area contributed by atoms with Gasteiger partial charge < -0.3 is 0 Å². The number of nitrogens with one attached hydrogen (secondary N) is 1. The summed E-state index contributed by atoms with van der Waals surface area (Å²) < 4.78 is 3.37. The molecule has 0 saturated carbocycles. The molecule has 1 aliphatic rings. The van der Waals surface area contributed by atoms with Crippen molar-refractivity contribution in [1.29, 1.82) is 0 Å². The summed E-state index contributed by atoms with van der Waals surface area (Å²) in [6, 6.07) is 0.778. The van der Waals surface area contributed by atoms with Gasteiger partial charge in [-0.3, -0.25) is 4.72 Å². The highest BCUT2D eigenvalue weighted by Crippen LogP contribution is 2.18. The van der Waals surface area contributed by atoms with Gasteiger partial charge in [0.1, 0.15) is 0 Å². The highest BCUT2D eigenvalue weighted by atomic mass is 32.2. The molecule has 0 amide bonds. The highest BCUT2D eigenvalue weighted by Gasteiger charge is 2.17. The van der Waals surface area contributed by atoms with Gasteiger partial charge in [0.25, 0.3) is 0 Å². The zero-order chi connectivity index (χ0) is 5.98. The van der Waals surface area contributed by atoms with Crippen LogP contribution in [-0.4, -0.2) is 11.8 Å². The minimum Gasteiger partial charge on any atom is -0.261 e. The molecule has 48 valence electrons. The van der Waals surface area contributed by atoms with Gasteiger partial charge in [-0.05, 0) is 12.3 Å². The Kier molecular flexibility index (Phi) is 2.20. The van der Waals surface area contributed by atoms with Gasteiger partial charge in [-0.2, -0.15) is 0 Å². The predicted octanol–water partition coefficient (Wildman–Crippen LogP) is 1.65. The summed E-state index contributed by atoms with van der Waals surface area (Å²) in [5.74, 6) is 2.10. The molecule has 0 unspecified atom stereocenters. The van der Waals surface area contributed by atoms with Crippen LogP contribution in [0.25, 0.3) is 0 Å². The first kappa shape index (κ1) is 6.43. The first-order valence-corrected chi connectivity index (χ1v) is 4.16. The molecule has 1 fully saturated rings. The number of hydrogen-bond acceptors (Lipinski definition) is 2. The molecule has 0 bridgehead atoms. The number of hydrogen-bond donors (Lipinski definition) is 1. The highest BCUT2D eigenvalue weighted by molar-refractivity contribution is 7.97. The largest absolute Gasteiger partial charge is 0.261 e. The fourth-order valence-corrected chi connectivity index (χ4v) is 1.97. The summed E-state index contributed by atoms with van der Waals surface area (Å²) in [4.78, 5) is 0. The lowest BCUT2D eigenvalue weighted by atomic mass is 10.0. The fourth-order valence-electron chi connectivity index (χ4n) is 0.880. The molecule has 0 aliphatic carbocycles. The minimum absolute atomic E-state index is 0.778. The van der Waals surface area contributed by atoms with Gasteiger partial charge in [0.15, 0.2) is 0 Å². The average Bonchev–Trinajstić information content (AvgIpc) is 2.12. The summed E-state index contributed by atoms with van der Waals surface area (Å²) in [5, 5.41) is 0. The SMILES string of the molecule is CC(C)[C@H]1CCSN1. The summed E-state index contributed by atoms with van der Waals surface area (Å²) >= 11 is 1.86. The second-order valence-electron chi connectivity index (χ2n) is 2.61. The molecule has 0 aromatic carbocycles. The Morgan fingerprint density at radius 3 is 2.62 bits per heavy atom. The third kappa shape index (κ3) is 1.39. The van der Waals surface area contributed by atoms with Crippen molar-refractivity contribution in [3.8, 4) is 0 Å². The summed E-state index contributed by atoms with van der Waals surface area (Å²) in [6.07, 6.45) is 1.35. The lowest BCUT2D eigenvalue weighted by molar-refractivity contribution is 0.474. The minimum atomic E-state index is 0.778. The maximum Gasteiger partial charge on any atom is 0.0203 e. The van der Waals surface area contributed by atoms with Gasteiger partial charge in [-0.25, -0.2) is 0 Å². The Hall–Kier alpha value is 0.310. The molecule has 1 heterocycles. The Morgan fingerprint density at radius 1 is 1.62 bits per heavy atom. The van der Waals surface area contributed by atoms with Crippen LogP contribution in [0.4, 0.5) is 0 Å². The molecule has 1 saturated heterocycles. The second-order valence-corrected chi connectivity index (χ2v) is 3.54. The fraction of sp³-hybridized carbons (Fsp3) is 1.00. The molecule has 1 atom stereocenters. The van der Waals surface area contributed by atoms with E-state index in [9.17, 15) is 0 Å². The first-order chi connectivity index (χ1) is 3.80. The monoisotopic (exact) mass is 131 g/mol. The lowest BCUT2D eigenvalue weighted by Gasteiger charge is -2.11. The maximum atomic E-state index is 3.37. The molecular weight excluding hydrogens is 118 g/mol. The van der Waals surface area contributed by atoms with Crippen LogP contribution in [-0.2, 0) is 0 Å². The van der Waals surface area contributed by atoms with E-state index in [4.69, 9.17) is 0 Å². The third-order valence-corrected chi connectivity index (χ3v) is 2.48. The molecule has 0 radical (unpaired) electrons. The van der Waals surface area contributed by atoms with Crippen molar-refractivity contribution in [2.45, 2.75) is 26.3 Å². The standard InChI is InChI=1S/C6H13NS/c1-5(2)6-3-4-8-7-6/h5-7H,3-4H2,1-2H3/t6-/m1/s1. The van der Waals surface area contributed by atoms with Crippen LogP contribution in [0.15, 0.2) is 0 Å². The van der Waals surface area contributed by atoms with E-state index < -0.39 is 0 Å². The predicted molar refractivity (Wildman–Crippen MR) is 38.8 cm³/mol. The van der Waals surface area contributed by atoms with E-state index in [1.54, 1.807) is 0 Å². The van der Waals surface area contributed by atoms with E-state index in [0.717, 1.165) is 12.0 Å². The molecule has 0 spiro atoms. The van der Waals surface area contributed by atoms with Gasteiger partial charge >= 0.3 is 0 Å². The van der Waals surface area contributed by atoms with Crippen LogP contribution in [0, 0.1) is 5.92 Å².